The summed E-state index contributed by atoms with van der Waals surface area (Å²) in [5, 5.41) is 12.2. The molecule has 27 heavy (non-hydrogen) atoms. The Labute approximate surface area is 161 Å². The number of urea groups is 1. The number of nitrogens with one attached hydrogen (secondary N) is 1. The van der Waals surface area contributed by atoms with E-state index in [2.05, 4.69) is 5.32 Å². The Hall–Kier alpha value is -2.82. The number of carbonyl (C=O) groups excluding carboxylic acids is 1. The number of carboxylic acid groups (broad SMARTS) is 1. The van der Waals surface area contributed by atoms with E-state index in [4.69, 9.17) is 0 Å². The Morgan fingerprint density at radius 1 is 0.926 bits per heavy atom. The van der Waals surface area contributed by atoms with Crippen molar-refractivity contribution < 1.29 is 14.7 Å². The lowest BCUT2D eigenvalue weighted by molar-refractivity contribution is -0.139. The first-order valence-corrected chi connectivity index (χ1v) is 9.47. The molecule has 1 atom stereocenters. The molecule has 5 heteroatoms. The molecule has 2 amide bonds. The highest BCUT2D eigenvalue weighted by Gasteiger charge is 2.23. The fourth-order valence-corrected chi connectivity index (χ4v) is 2.99. The maximum Gasteiger partial charge on any atom is 0.326 e. The molecule has 0 saturated heterocycles. The molecule has 0 aliphatic carbocycles. The maximum atomic E-state index is 12.4. The van der Waals surface area contributed by atoms with Crippen LogP contribution in [0.25, 0.3) is 11.1 Å². The summed E-state index contributed by atoms with van der Waals surface area (Å²) in [4.78, 5) is 25.7. The van der Waals surface area contributed by atoms with Gasteiger partial charge in [-0.05, 0) is 29.5 Å². The molecular formula is C22H28N2O3. The summed E-state index contributed by atoms with van der Waals surface area (Å²) in [6, 6.07) is 16.5. The molecule has 0 aliphatic rings. The molecule has 0 bridgehead atoms. The number of benzene rings is 2. The molecule has 0 spiro atoms. The Morgan fingerprint density at radius 2 is 1.48 bits per heavy atom. The fourth-order valence-electron chi connectivity index (χ4n) is 2.99. The standard InChI is InChI=1S/C22H28N2O3/c1-3-14-24(15-4-2)22(27)23-20(21(25)26)16-17-10-12-19(13-11-17)18-8-6-5-7-9-18/h5-13,20H,3-4,14-16H2,1-2H3,(H,23,27)(H,25,26)/t20-/m0/s1. The van der Waals surface area contributed by atoms with E-state index in [1.54, 1.807) is 4.90 Å². The van der Waals surface area contributed by atoms with Gasteiger partial charge in [-0.15, -0.1) is 0 Å². The number of hydrogen-bond donors (Lipinski definition) is 2. The molecular weight excluding hydrogens is 340 g/mol. The third-order valence-corrected chi connectivity index (χ3v) is 4.37. The predicted molar refractivity (Wildman–Crippen MR) is 108 cm³/mol. The van der Waals surface area contributed by atoms with E-state index in [1.807, 2.05) is 68.4 Å². The SMILES string of the molecule is CCCN(CCC)C(=O)N[C@@H](Cc1ccc(-c2ccccc2)cc1)C(=O)O. The van der Waals surface area contributed by atoms with E-state index in [0.717, 1.165) is 29.5 Å². The number of hydrogen-bond acceptors (Lipinski definition) is 2. The quantitative estimate of drug-likeness (QED) is 0.697. The number of carboxylic acids is 1. The summed E-state index contributed by atoms with van der Waals surface area (Å²) < 4.78 is 0. The van der Waals surface area contributed by atoms with Crippen LogP contribution in [0.4, 0.5) is 4.79 Å². The zero-order chi connectivity index (χ0) is 19.6. The van der Waals surface area contributed by atoms with Gasteiger partial charge in [0.15, 0.2) is 0 Å². The Balaban J connectivity index is 2.05. The summed E-state index contributed by atoms with van der Waals surface area (Å²) in [6.45, 7) is 5.24. The van der Waals surface area contributed by atoms with Crippen LogP contribution in [0.3, 0.4) is 0 Å². The lowest BCUT2D eigenvalue weighted by Gasteiger charge is -2.24. The third-order valence-electron chi connectivity index (χ3n) is 4.37. The molecule has 144 valence electrons. The summed E-state index contributed by atoms with van der Waals surface area (Å²) in [5.74, 6) is -1.02. The molecule has 2 aromatic carbocycles. The largest absolute Gasteiger partial charge is 0.480 e. The van der Waals surface area contributed by atoms with Crippen molar-refractivity contribution in [2.75, 3.05) is 13.1 Å². The van der Waals surface area contributed by atoms with Gasteiger partial charge in [-0.25, -0.2) is 9.59 Å². The highest BCUT2D eigenvalue weighted by Crippen LogP contribution is 2.19. The molecule has 5 nitrogen and oxygen atoms in total. The van der Waals surface area contributed by atoms with E-state index in [9.17, 15) is 14.7 Å². The van der Waals surface area contributed by atoms with Gasteiger partial charge in [0.05, 0.1) is 0 Å². The summed E-state index contributed by atoms with van der Waals surface area (Å²) in [5.41, 5.74) is 3.06. The fraction of sp³-hybridized carbons (Fsp3) is 0.364. The first-order chi connectivity index (χ1) is 13.0. The zero-order valence-corrected chi connectivity index (χ0v) is 16.0. The molecule has 2 N–H and O–H groups in total. The van der Waals surface area contributed by atoms with Crippen molar-refractivity contribution >= 4 is 12.0 Å². The van der Waals surface area contributed by atoms with Gasteiger partial charge in [-0.2, -0.15) is 0 Å². The Morgan fingerprint density at radius 3 is 2.00 bits per heavy atom. The second-order valence-electron chi connectivity index (χ2n) is 6.59. The van der Waals surface area contributed by atoms with Crippen molar-refractivity contribution in [2.24, 2.45) is 0 Å². The number of carbonyl (C=O) groups is 2. The third kappa shape index (κ3) is 6.13. The summed E-state index contributed by atoms with van der Waals surface area (Å²) in [6.07, 6.45) is 1.93. The van der Waals surface area contributed by atoms with Crippen molar-refractivity contribution in [3.8, 4) is 11.1 Å². The lowest BCUT2D eigenvalue weighted by Crippen LogP contribution is -2.49. The van der Waals surface area contributed by atoms with Crippen LogP contribution < -0.4 is 5.32 Å². The Bertz CT molecular complexity index is 723. The minimum absolute atomic E-state index is 0.252. The van der Waals surface area contributed by atoms with Gasteiger partial charge in [0.25, 0.3) is 0 Å². The highest BCUT2D eigenvalue weighted by atomic mass is 16.4. The average Bonchev–Trinajstić information content (AvgIpc) is 2.68. The second-order valence-corrected chi connectivity index (χ2v) is 6.59. The van der Waals surface area contributed by atoms with Crippen molar-refractivity contribution in [3.05, 3.63) is 60.2 Å². The molecule has 0 radical (unpaired) electrons. The minimum Gasteiger partial charge on any atom is -0.480 e. The van der Waals surface area contributed by atoms with E-state index < -0.39 is 12.0 Å². The van der Waals surface area contributed by atoms with Crippen molar-refractivity contribution in [3.63, 3.8) is 0 Å². The van der Waals surface area contributed by atoms with Gasteiger partial charge in [-0.3, -0.25) is 0 Å². The predicted octanol–water partition coefficient (Wildman–Crippen LogP) is 4.18. The van der Waals surface area contributed by atoms with Gasteiger partial charge in [0, 0.05) is 19.5 Å². The van der Waals surface area contributed by atoms with E-state index in [0.29, 0.717) is 13.1 Å². The highest BCUT2D eigenvalue weighted by molar-refractivity contribution is 5.82. The van der Waals surface area contributed by atoms with Crippen LogP contribution in [0.5, 0.6) is 0 Å². The van der Waals surface area contributed by atoms with E-state index in [-0.39, 0.29) is 12.5 Å². The normalized spacial score (nSPS) is 11.6. The Kier molecular flexibility index (Phi) is 7.86. The number of amides is 2. The maximum absolute atomic E-state index is 12.4. The second kappa shape index (κ2) is 10.4. The number of aliphatic carboxylic acids is 1. The smallest absolute Gasteiger partial charge is 0.326 e. The topological polar surface area (TPSA) is 69.6 Å². The van der Waals surface area contributed by atoms with Gasteiger partial charge < -0.3 is 15.3 Å². The van der Waals surface area contributed by atoms with Crippen LogP contribution in [0.1, 0.15) is 32.3 Å². The molecule has 0 aliphatic heterocycles. The van der Waals surface area contributed by atoms with Crippen LogP contribution in [0.2, 0.25) is 0 Å². The molecule has 0 fully saturated rings. The van der Waals surface area contributed by atoms with Gasteiger partial charge in [-0.1, -0.05) is 68.4 Å². The number of nitrogens with zero attached hydrogens (tertiary/aromatic N) is 1. The van der Waals surface area contributed by atoms with E-state index >= 15 is 0 Å². The molecule has 0 heterocycles. The molecule has 0 aromatic heterocycles. The van der Waals surface area contributed by atoms with Crippen molar-refractivity contribution in [1.82, 2.24) is 10.2 Å². The van der Waals surface area contributed by atoms with Crippen molar-refractivity contribution in [2.45, 2.75) is 39.2 Å². The zero-order valence-electron chi connectivity index (χ0n) is 16.0. The summed E-state index contributed by atoms with van der Waals surface area (Å²) >= 11 is 0. The monoisotopic (exact) mass is 368 g/mol. The van der Waals surface area contributed by atoms with Crippen LogP contribution >= 0.6 is 0 Å². The lowest BCUT2D eigenvalue weighted by atomic mass is 10.0. The molecule has 2 aromatic rings. The summed E-state index contributed by atoms with van der Waals surface area (Å²) in [7, 11) is 0. The van der Waals surface area contributed by atoms with Gasteiger partial charge in [0.1, 0.15) is 6.04 Å². The van der Waals surface area contributed by atoms with Gasteiger partial charge >= 0.3 is 12.0 Å². The van der Waals surface area contributed by atoms with Crippen LogP contribution in [-0.4, -0.2) is 41.1 Å². The van der Waals surface area contributed by atoms with Crippen molar-refractivity contribution in [1.29, 1.82) is 0 Å². The van der Waals surface area contributed by atoms with Gasteiger partial charge in [0.2, 0.25) is 0 Å². The molecule has 0 saturated carbocycles. The van der Waals surface area contributed by atoms with Crippen LogP contribution in [-0.2, 0) is 11.2 Å². The molecule has 0 unspecified atom stereocenters. The average molecular weight is 368 g/mol. The first-order valence-electron chi connectivity index (χ1n) is 9.47. The first kappa shape index (κ1) is 20.5. The van der Waals surface area contributed by atoms with Crippen LogP contribution in [0.15, 0.2) is 54.6 Å². The van der Waals surface area contributed by atoms with E-state index in [1.165, 1.54) is 0 Å². The molecule has 2 rings (SSSR count). The minimum atomic E-state index is -1.02. The number of rotatable bonds is 9. The van der Waals surface area contributed by atoms with Crippen LogP contribution in [0, 0.1) is 0 Å².